The van der Waals surface area contributed by atoms with Crippen LogP contribution in [0, 0.1) is 56.2 Å². The zero-order chi connectivity index (χ0) is 35.9. The van der Waals surface area contributed by atoms with Crippen LogP contribution >= 0.6 is 0 Å². The number of hydrogen-bond donors (Lipinski definition) is 0. The van der Waals surface area contributed by atoms with E-state index in [0.717, 1.165) is 62.5 Å². The molecule has 5 aliphatic carbocycles. The van der Waals surface area contributed by atoms with E-state index in [1.807, 2.05) is 60.7 Å². The van der Waals surface area contributed by atoms with Crippen LogP contribution in [0.25, 0.3) is 0 Å². The molecule has 10 atom stereocenters. The Morgan fingerprint density at radius 1 is 0.760 bits per heavy atom. The second-order valence-corrected chi connectivity index (χ2v) is 18.6. The van der Waals surface area contributed by atoms with Crippen LogP contribution in [-0.4, -0.2) is 24.8 Å². The van der Waals surface area contributed by atoms with E-state index < -0.39 is 16.9 Å². The summed E-state index contributed by atoms with van der Waals surface area (Å²) in [6.45, 7) is 16.0. The third-order valence-corrected chi connectivity index (χ3v) is 16.3. The fraction of sp³-hybridized carbons (Fsp3) is 0.622. The smallest absolute Gasteiger partial charge is 0.312 e. The summed E-state index contributed by atoms with van der Waals surface area (Å²) in [6.07, 6.45) is 9.80. The van der Waals surface area contributed by atoms with Gasteiger partial charge in [0, 0.05) is 5.92 Å². The molecule has 2 aromatic rings. The maximum absolute atomic E-state index is 14.9. The SMILES string of the molecule is COC(=O)[C@@]1(C)[C@@H]2CC[C@]3(C)[C@H](C(=O)C=C4[C@@H]5C[C@@](C)(C(=O)OC(c6ccccc6)c6ccccc6)CC[C@]5(C)CC[C@]43C)[C@@]2(C)CC[C@@H]1C. The van der Waals surface area contributed by atoms with Crippen LogP contribution in [0.15, 0.2) is 72.3 Å². The van der Waals surface area contributed by atoms with E-state index in [4.69, 9.17) is 9.47 Å². The Hall–Kier alpha value is -3.21. The first-order valence-electron chi connectivity index (χ1n) is 19.2. The molecule has 0 spiro atoms. The quantitative estimate of drug-likeness (QED) is 0.295. The number of carbonyl (C=O) groups is 3. The van der Waals surface area contributed by atoms with Gasteiger partial charge in [0.25, 0.3) is 0 Å². The third-order valence-electron chi connectivity index (χ3n) is 16.3. The number of esters is 2. The first-order chi connectivity index (χ1) is 23.6. The molecule has 5 nitrogen and oxygen atoms in total. The normalized spacial score (nSPS) is 42.3. The maximum Gasteiger partial charge on any atom is 0.312 e. The van der Waals surface area contributed by atoms with Gasteiger partial charge in [0.2, 0.25) is 0 Å². The lowest BCUT2D eigenvalue weighted by molar-refractivity contribution is -0.207. The molecule has 7 rings (SSSR count). The van der Waals surface area contributed by atoms with Crippen molar-refractivity contribution < 1.29 is 23.9 Å². The van der Waals surface area contributed by atoms with Crippen LogP contribution in [0.4, 0.5) is 0 Å². The molecular weight excluding hydrogens is 620 g/mol. The summed E-state index contributed by atoms with van der Waals surface area (Å²) in [5.74, 6) is 0.230. The lowest BCUT2D eigenvalue weighted by atomic mass is 9.33. The molecule has 0 amide bonds. The molecule has 0 aliphatic heterocycles. The number of rotatable bonds is 5. The predicted molar refractivity (Wildman–Crippen MR) is 196 cm³/mol. The van der Waals surface area contributed by atoms with Crippen LogP contribution in [0.5, 0.6) is 0 Å². The minimum atomic E-state index is -0.669. The van der Waals surface area contributed by atoms with Crippen molar-refractivity contribution in [3.05, 3.63) is 83.4 Å². The molecule has 0 unspecified atom stereocenters. The molecule has 268 valence electrons. The number of ether oxygens (including phenoxy) is 2. The first-order valence-corrected chi connectivity index (χ1v) is 19.2. The van der Waals surface area contributed by atoms with Crippen molar-refractivity contribution in [3.63, 3.8) is 0 Å². The number of methoxy groups -OCH3 is 1. The van der Waals surface area contributed by atoms with Crippen molar-refractivity contribution >= 4 is 17.7 Å². The molecule has 0 radical (unpaired) electrons. The Bertz CT molecular complexity index is 1660. The van der Waals surface area contributed by atoms with Gasteiger partial charge in [-0.15, -0.1) is 0 Å². The largest absolute Gasteiger partial charge is 0.469 e. The molecule has 0 aromatic heterocycles. The number of benzene rings is 2. The second-order valence-electron chi connectivity index (χ2n) is 18.6. The van der Waals surface area contributed by atoms with Crippen LogP contribution in [-0.2, 0) is 23.9 Å². The van der Waals surface area contributed by atoms with Gasteiger partial charge in [0.05, 0.1) is 17.9 Å². The highest BCUT2D eigenvalue weighted by atomic mass is 16.5. The summed E-state index contributed by atoms with van der Waals surface area (Å²) in [5, 5.41) is 0. The minimum Gasteiger partial charge on any atom is -0.469 e. The average Bonchev–Trinajstić information content (AvgIpc) is 3.10. The van der Waals surface area contributed by atoms with Gasteiger partial charge in [-0.1, -0.05) is 101 Å². The minimum absolute atomic E-state index is 0.0255. The van der Waals surface area contributed by atoms with Crippen molar-refractivity contribution in [2.45, 2.75) is 112 Å². The number of carbonyl (C=O) groups excluding carboxylic acids is 3. The molecular formula is C45H58O5. The summed E-state index contributed by atoms with van der Waals surface area (Å²) in [4.78, 5) is 42.8. The van der Waals surface area contributed by atoms with E-state index in [1.54, 1.807) is 0 Å². The zero-order valence-electron chi connectivity index (χ0n) is 31.6. The molecule has 4 saturated carbocycles. The first kappa shape index (κ1) is 35.2. The van der Waals surface area contributed by atoms with Gasteiger partial charge >= 0.3 is 11.9 Å². The van der Waals surface area contributed by atoms with E-state index in [9.17, 15) is 14.4 Å². The molecule has 0 N–H and O–H groups in total. The van der Waals surface area contributed by atoms with Gasteiger partial charge in [0.15, 0.2) is 11.9 Å². The van der Waals surface area contributed by atoms with Crippen LogP contribution in [0.2, 0.25) is 0 Å². The van der Waals surface area contributed by atoms with Gasteiger partial charge < -0.3 is 9.47 Å². The van der Waals surface area contributed by atoms with Gasteiger partial charge in [-0.3, -0.25) is 14.4 Å². The van der Waals surface area contributed by atoms with Crippen molar-refractivity contribution in [2.24, 2.45) is 56.2 Å². The number of allylic oxidation sites excluding steroid dienone is 2. The van der Waals surface area contributed by atoms with Crippen LogP contribution in [0.3, 0.4) is 0 Å². The van der Waals surface area contributed by atoms with Crippen molar-refractivity contribution in [3.8, 4) is 0 Å². The highest BCUT2D eigenvalue weighted by molar-refractivity contribution is 5.96. The molecule has 2 aromatic carbocycles. The van der Waals surface area contributed by atoms with E-state index in [2.05, 4.69) is 54.5 Å². The fourth-order valence-corrected chi connectivity index (χ4v) is 12.6. The Kier molecular flexibility index (Phi) is 8.39. The van der Waals surface area contributed by atoms with Crippen LogP contribution in [0.1, 0.15) is 123 Å². The fourth-order valence-electron chi connectivity index (χ4n) is 12.6. The third kappa shape index (κ3) is 4.87. The topological polar surface area (TPSA) is 69.7 Å². The number of fused-ring (bicyclic) bond motifs is 7. The lowest BCUT2D eigenvalue weighted by Crippen LogP contribution is -2.67. The van der Waals surface area contributed by atoms with Gasteiger partial charge in [-0.05, 0) is 128 Å². The monoisotopic (exact) mass is 678 g/mol. The Balaban J connectivity index is 1.23. The second kappa shape index (κ2) is 11.9. The molecule has 0 heterocycles. The van der Waals surface area contributed by atoms with E-state index in [1.165, 1.54) is 12.7 Å². The highest BCUT2D eigenvalue weighted by Crippen LogP contribution is 2.75. The number of hydrogen-bond acceptors (Lipinski definition) is 5. The molecule has 5 heteroatoms. The Morgan fingerprint density at radius 3 is 1.96 bits per heavy atom. The standard InChI is InChI=1S/C45H58O5/c1-29-19-21-42(4)35(45(29,7)39(48)49-8)20-22-44(6)37(42)34(46)27-32-33-28-41(3,24-23-40(33,2)25-26-43(32,44)5)38(47)50-36(30-15-11-9-12-16-30)31-17-13-10-14-18-31/h9-18,27,29,33,35-37H,19-26,28H2,1-8H3/t29-,33-,35+,37+,40+,41-,42-,43+,44+,45+/m0/s1. The molecule has 50 heavy (non-hydrogen) atoms. The van der Waals surface area contributed by atoms with E-state index in [-0.39, 0.29) is 63.1 Å². The average molecular weight is 679 g/mol. The van der Waals surface area contributed by atoms with Gasteiger partial charge in [-0.25, -0.2) is 0 Å². The lowest BCUT2D eigenvalue weighted by Gasteiger charge is -2.70. The summed E-state index contributed by atoms with van der Waals surface area (Å²) in [7, 11) is 1.51. The predicted octanol–water partition coefficient (Wildman–Crippen LogP) is 10.1. The molecule has 0 bridgehead atoms. The van der Waals surface area contributed by atoms with Gasteiger partial charge in [0.1, 0.15) is 0 Å². The zero-order valence-corrected chi connectivity index (χ0v) is 31.6. The van der Waals surface area contributed by atoms with E-state index >= 15 is 0 Å². The van der Waals surface area contributed by atoms with Crippen LogP contribution < -0.4 is 0 Å². The summed E-state index contributed by atoms with van der Waals surface area (Å²) in [5.41, 5.74) is 1.25. The molecule has 0 saturated heterocycles. The molecule has 5 aliphatic rings. The summed E-state index contributed by atoms with van der Waals surface area (Å²) >= 11 is 0. The Morgan fingerprint density at radius 2 is 1.36 bits per heavy atom. The Labute approximate surface area is 300 Å². The summed E-state index contributed by atoms with van der Waals surface area (Å²) in [6, 6.07) is 20.1. The maximum atomic E-state index is 14.9. The van der Waals surface area contributed by atoms with Crippen molar-refractivity contribution in [1.29, 1.82) is 0 Å². The van der Waals surface area contributed by atoms with Gasteiger partial charge in [-0.2, -0.15) is 0 Å². The van der Waals surface area contributed by atoms with Crippen molar-refractivity contribution in [1.82, 2.24) is 0 Å². The number of ketones is 1. The highest BCUT2D eigenvalue weighted by Gasteiger charge is 2.71. The molecule has 4 fully saturated rings. The van der Waals surface area contributed by atoms with E-state index in [0.29, 0.717) is 6.42 Å². The van der Waals surface area contributed by atoms with Crippen molar-refractivity contribution in [2.75, 3.05) is 7.11 Å². The summed E-state index contributed by atoms with van der Waals surface area (Å²) < 4.78 is 12.0.